The molecule has 0 saturated heterocycles. The first-order valence-electron chi connectivity index (χ1n) is 7.51. The molecule has 0 radical (unpaired) electrons. The highest BCUT2D eigenvalue weighted by Crippen LogP contribution is 2.51. The molecule has 3 rings (SSSR count). The zero-order chi connectivity index (χ0) is 15.0. The zero-order valence-electron chi connectivity index (χ0n) is 12.9. The normalized spacial score (nSPS) is 20.6. The summed E-state index contributed by atoms with van der Waals surface area (Å²) in [6.07, 6.45) is 3.69. The Balaban J connectivity index is 2.09. The molecule has 112 valence electrons. The van der Waals surface area contributed by atoms with Crippen molar-refractivity contribution >= 4 is 5.82 Å². The third-order valence-corrected chi connectivity index (χ3v) is 4.79. The molecule has 1 heterocycles. The summed E-state index contributed by atoms with van der Waals surface area (Å²) in [5, 5.41) is 7.46. The number of H-pyrrole nitrogens is 1. The lowest BCUT2D eigenvalue weighted by Crippen LogP contribution is -2.16. The molecule has 1 unspecified atom stereocenters. The van der Waals surface area contributed by atoms with E-state index < -0.39 is 0 Å². The maximum absolute atomic E-state index is 6.14. The van der Waals surface area contributed by atoms with Crippen LogP contribution in [0.1, 0.15) is 44.7 Å². The molecule has 3 N–H and O–H groups in total. The molecule has 1 aromatic carbocycles. The van der Waals surface area contributed by atoms with Gasteiger partial charge in [-0.05, 0) is 36.0 Å². The van der Waals surface area contributed by atoms with E-state index in [0.29, 0.717) is 11.7 Å². The largest absolute Gasteiger partial charge is 0.497 e. The minimum absolute atomic E-state index is 0.284. The van der Waals surface area contributed by atoms with Crippen molar-refractivity contribution in [2.24, 2.45) is 5.41 Å². The Morgan fingerprint density at radius 3 is 2.86 bits per heavy atom. The molecule has 1 atom stereocenters. The number of aromatic amines is 1. The third-order valence-electron chi connectivity index (χ3n) is 4.79. The maximum atomic E-state index is 6.14. The van der Waals surface area contributed by atoms with Crippen LogP contribution in [0.5, 0.6) is 5.75 Å². The van der Waals surface area contributed by atoms with Crippen molar-refractivity contribution in [2.75, 3.05) is 12.8 Å². The highest BCUT2D eigenvalue weighted by atomic mass is 16.5. The van der Waals surface area contributed by atoms with E-state index in [-0.39, 0.29) is 5.41 Å². The Morgan fingerprint density at radius 2 is 2.19 bits per heavy atom. The number of nitrogens with zero attached hydrogens (tertiary/aromatic N) is 1. The van der Waals surface area contributed by atoms with Gasteiger partial charge in [-0.1, -0.05) is 32.4 Å². The second kappa shape index (κ2) is 5.10. The topological polar surface area (TPSA) is 63.9 Å². The maximum Gasteiger partial charge on any atom is 0.153 e. The first-order chi connectivity index (χ1) is 10.0. The van der Waals surface area contributed by atoms with Crippen LogP contribution in [0.2, 0.25) is 0 Å². The number of rotatable bonds is 3. The number of hydrogen-bond donors (Lipinski definition) is 2. The number of nitrogens with one attached hydrogen (secondary N) is 1. The number of nitrogen functional groups attached to an aromatic ring is 1. The molecular formula is C17H23N3O. The fourth-order valence-electron chi connectivity index (χ4n) is 3.57. The quantitative estimate of drug-likeness (QED) is 0.897. The molecule has 0 amide bonds. The summed E-state index contributed by atoms with van der Waals surface area (Å²) >= 11 is 0. The van der Waals surface area contributed by atoms with E-state index >= 15 is 0 Å². The molecule has 4 heteroatoms. The summed E-state index contributed by atoms with van der Waals surface area (Å²) in [4.78, 5) is 0. The average molecular weight is 285 g/mol. The first kappa shape index (κ1) is 14.0. The molecule has 21 heavy (non-hydrogen) atoms. The fraction of sp³-hybridized carbons (Fsp3) is 0.471. The van der Waals surface area contributed by atoms with E-state index in [1.807, 2.05) is 18.2 Å². The molecule has 1 saturated carbocycles. The molecule has 2 aromatic rings. The van der Waals surface area contributed by atoms with Crippen molar-refractivity contribution in [3.63, 3.8) is 0 Å². The van der Waals surface area contributed by atoms with E-state index in [2.05, 4.69) is 30.1 Å². The van der Waals surface area contributed by atoms with Gasteiger partial charge in [0.2, 0.25) is 0 Å². The van der Waals surface area contributed by atoms with Gasteiger partial charge in [0.05, 0.1) is 7.11 Å². The van der Waals surface area contributed by atoms with Gasteiger partial charge >= 0.3 is 0 Å². The van der Waals surface area contributed by atoms with E-state index in [4.69, 9.17) is 10.5 Å². The van der Waals surface area contributed by atoms with Crippen LogP contribution in [0.4, 0.5) is 5.82 Å². The molecular weight excluding hydrogens is 262 g/mol. The second-order valence-electron chi connectivity index (χ2n) is 6.56. The average Bonchev–Trinajstić information content (AvgIpc) is 3.00. The summed E-state index contributed by atoms with van der Waals surface area (Å²) in [7, 11) is 1.68. The molecule has 1 aliphatic rings. The van der Waals surface area contributed by atoms with Gasteiger partial charge < -0.3 is 10.5 Å². The van der Waals surface area contributed by atoms with Crippen molar-refractivity contribution in [3.05, 3.63) is 30.0 Å². The molecule has 4 nitrogen and oxygen atoms in total. The molecule has 0 bridgehead atoms. The first-order valence-corrected chi connectivity index (χ1v) is 7.51. The van der Waals surface area contributed by atoms with E-state index in [1.165, 1.54) is 25.0 Å². The van der Waals surface area contributed by atoms with Crippen molar-refractivity contribution in [1.82, 2.24) is 10.2 Å². The number of aromatic nitrogens is 2. The van der Waals surface area contributed by atoms with Gasteiger partial charge in [-0.2, -0.15) is 5.10 Å². The van der Waals surface area contributed by atoms with Crippen molar-refractivity contribution in [3.8, 4) is 16.9 Å². The lowest BCUT2D eigenvalue weighted by Gasteiger charge is -2.27. The van der Waals surface area contributed by atoms with Gasteiger partial charge in [-0.3, -0.25) is 5.10 Å². The highest BCUT2D eigenvalue weighted by Gasteiger charge is 2.38. The van der Waals surface area contributed by atoms with Crippen LogP contribution in [0.25, 0.3) is 11.1 Å². The molecule has 1 fully saturated rings. The van der Waals surface area contributed by atoms with Gasteiger partial charge in [-0.25, -0.2) is 0 Å². The lowest BCUT2D eigenvalue weighted by atomic mass is 9.78. The molecule has 0 spiro atoms. The van der Waals surface area contributed by atoms with Crippen molar-refractivity contribution in [2.45, 2.75) is 39.0 Å². The summed E-state index contributed by atoms with van der Waals surface area (Å²) in [5.74, 6) is 1.88. The fourth-order valence-corrected chi connectivity index (χ4v) is 3.57. The number of methoxy groups -OCH3 is 1. The lowest BCUT2D eigenvalue weighted by molar-refractivity contribution is 0.328. The van der Waals surface area contributed by atoms with E-state index in [1.54, 1.807) is 7.11 Å². The summed E-state index contributed by atoms with van der Waals surface area (Å²) in [5.41, 5.74) is 9.70. The molecule has 0 aliphatic heterocycles. The number of nitrogens with two attached hydrogens (primary N) is 1. The predicted octanol–water partition coefficient (Wildman–Crippen LogP) is 3.96. The highest BCUT2D eigenvalue weighted by molar-refractivity contribution is 5.77. The molecule has 1 aromatic heterocycles. The van der Waals surface area contributed by atoms with E-state index in [9.17, 15) is 0 Å². The Hall–Kier alpha value is -1.97. The van der Waals surface area contributed by atoms with Crippen LogP contribution in [-0.4, -0.2) is 17.3 Å². The number of ether oxygens (including phenoxy) is 1. The number of anilines is 1. The molecule has 1 aliphatic carbocycles. The van der Waals surface area contributed by atoms with Crippen LogP contribution in [0.3, 0.4) is 0 Å². The van der Waals surface area contributed by atoms with Crippen LogP contribution >= 0.6 is 0 Å². The van der Waals surface area contributed by atoms with Crippen LogP contribution in [0, 0.1) is 5.41 Å². The van der Waals surface area contributed by atoms with Gasteiger partial charge in [0, 0.05) is 17.2 Å². The summed E-state index contributed by atoms with van der Waals surface area (Å²) < 4.78 is 5.33. The monoisotopic (exact) mass is 285 g/mol. The minimum atomic E-state index is 0.284. The Bertz CT molecular complexity index is 645. The zero-order valence-corrected chi connectivity index (χ0v) is 12.9. The Labute approximate surface area is 125 Å². The van der Waals surface area contributed by atoms with Crippen LogP contribution in [-0.2, 0) is 0 Å². The summed E-state index contributed by atoms with van der Waals surface area (Å²) in [6.45, 7) is 4.66. The van der Waals surface area contributed by atoms with Crippen molar-refractivity contribution < 1.29 is 4.74 Å². The van der Waals surface area contributed by atoms with Gasteiger partial charge in [0.1, 0.15) is 5.75 Å². The van der Waals surface area contributed by atoms with Crippen LogP contribution in [0.15, 0.2) is 24.3 Å². The number of benzene rings is 1. The van der Waals surface area contributed by atoms with E-state index in [0.717, 1.165) is 16.9 Å². The van der Waals surface area contributed by atoms with Gasteiger partial charge in [0.25, 0.3) is 0 Å². The predicted molar refractivity (Wildman–Crippen MR) is 85.4 cm³/mol. The third kappa shape index (κ3) is 2.39. The standard InChI is InChI=1S/C17H23N3O/c1-17(2)9-5-8-13(17)15-14(16(18)20-19-15)11-6-4-7-12(10-11)21-3/h4,6-7,10,13H,5,8-9H2,1-3H3,(H3,18,19,20). The minimum Gasteiger partial charge on any atom is -0.497 e. The van der Waals surface area contributed by atoms with Gasteiger partial charge in [0.15, 0.2) is 5.82 Å². The Kier molecular flexibility index (Phi) is 3.40. The smallest absolute Gasteiger partial charge is 0.153 e. The SMILES string of the molecule is COc1cccc(-c2c(N)n[nH]c2C2CCCC2(C)C)c1. The van der Waals surface area contributed by atoms with Crippen molar-refractivity contribution in [1.29, 1.82) is 0 Å². The second-order valence-corrected chi connectivity index (χ2v) is 6.56. The van der Waals surface area contributed by atoms with Gasteiger partial charge in [-0.15, -0.1) is 0 Å². The number of hydrogen-bond acceptors (Lipinski definition) is 3. The van der Waals surface area contributed by atoms with Crippen LogP contribution < -0.4 is 10.5 Å². The summed E-state index contributed by atoms with van der Waals surface area (Å²) in [6, 6.07) is 8.02. The Morgan fingerprint density at radius 1 is 1.38 bits per heavy atom.